The van der Waals surface area contributed by atoms with E-state index in [1.54, 1.807) is 19.1 Å². The third-order valence-corrected chi connectivity index (χ3v) is 2.37. The van der Waals surface area contributed by atoms with Gasteiger partial charge in [0, 0.05) is 18.2 Å². The van der Waals surface area contributed by atoms with Crippen molar-refractivity contribution in [2.24, 2.45) is 0 Å². The highest BCUT2D eigenvalue weighted by Crippen LogP contribution is 2.26. The Kier molecular flexibility index (Phi) is 5.02. The fourth-order valence-electron chi connectivity index (χ4n) is 1.53. The quantitative estimate of drug-likeness (QED) is 0.876. The van der Waals surface area contributed by atoms with Crippen LogP contribution in [0.25, 0.3) is 0 Å². The molecule has 102 valence electrons. The van der Waals surface area contributed by atoms with Gasteiger partial charge in [0.05, 0.1) is 0 Å². The summed E-state index contributed by atoms with van der Waals surface area (Å²) in [6.45, 7) is 4.93. The molecule has 0 aliphatic rings. The molecule has 1 N–H and O–H groups in total. The van der Waals surface area contributed by atoms with Crippen molar-refractivity contribution < 1.29 is 17.9 Å². The first-order valence-electron chi connectivity index (χ1n) is 5.81. The van der Waals surface area contributed by atoms with E-state index in [-0.39, 0.29) is 6.04 Å². The van der Waals surface area contributed by atoms with Gasteiger partial charge in [0.2, 0.25) is 0 Å². The zero-order chi connectivity index (χ0) is 13.8. The van der Waals surface area contributed by atoms with E-state index in [4.69, 9.17) is 4.74 Å². The Balaban J connectivity index is 2.80. The van der Waals surface area contributed by atoms with Crippen LogP contribution in [0.2, 0.25) is 0 Å². The molecule has 0 heterocycles. The molecule has 1 aromatic rings. The van der Waals surface area contributed by atoms with Gasteiger partial charge in [-0.2, -0.15) is 13.2 Å². The average Bonchev–Trinajstić information content (AvgIpc) is 2.23. The van der Waals surface area contributed by atoms with Gasteiger partial charge in [-0.25, -0.2) is 0 Å². The minimum Gasteiger partial charge on any atom is -0.484 e. The lowest BCUT2D eigenvalue weighted by molar-refractivity contribution is -0.153. The number of hydrogen-bond donors (Lipinski definition) is 1. The summed E-state index contributed by atoms with van der Waals surface area (Å²) in [6, 6.07) is 5.59. The van der Waals surface area contributed by atoms with Crippen LogP contribution in [0.1, 0.15) is 25.0 Å². The molecular weight excluding hydrogens is 243 g/mol. The lowest BCUT2D eigenvalue weighted by Crippen LogP contribution is -2.24. The monoisotopic (exact) mass is 261 g/mol. The zero-order valence-electron chi connectivity index (χ0n) is 10.8. The van der Waals surface area contributed by atoms with E-state index in [1.807, 2.05) is 19.9 Å². The van der Waals surface area contributed by atoms with Crippen LogP contribution in [0.4, 0.5) is 13.2 Å². The van der Waals surface area contributed by atoms with Gasteiger partial charge in [-0.05, 0) is 12.5 Å². The van der Waals surface area contributed by atoms with Crippen molar-refractivity contribution in [2.75, 3.05) is 6.61 Å². The summed E-state index contributed by atoms with van der Waals surface area (Å²) in [5.74, 6) is 0.322. The first-order chi connectivity index (χ1) is 8.29. The molecule has 0 atom stereocenters. The number of alkyl halides is 3. The summed E-state index contributed by atoms with van der Waals surface area (Å²) in [6.07, 6.45) is -4.31. The molecule has 0 unspecified atom stereocenters. The number of halogens is 3. The molecule has 18 heavy (non-hydrogen) atoms. The molecule has 0 spiro atoms. The van der Waals surface area contributed by atoms with Crippen LogP contribution in [0.3, 0.4) is 0 Å². The predicted octanol–water partition coefficient (Wildman–Crippen LogP) is 3.43. The molecule has 2 nitrogen and oxygen atoms in total. The SMILES string of the molecule is Cc1cccc(CNC(C)C)c1OCC(F)(F)F. The van der Waals surface area contributed by atoms with Gasteiger partial charge in [0.25, 0.3) is 0 Å². The van der Waals surface area contributed by atoms with Crippen LogP contribution in [-0.4, -0.2) is 18.8 Å². The molecule has 0 amide bonds. The highest BCUT2D eigenvalue weighted by atomic mass is 19.4. The maximum absolute atomic E-state index is 12.2. The molecule has 0 radical (unpaired) electrons. The summed E-state index contributed by atoms with van der Waals surface area (Å²) >= 11 is 0. The second kappa shape index (κ2) is 6.09. The number of para-hydroxylation sites is 1. The van der Waals surface area contributed by atoms with E-state index < -0.39 is 12.8 Å². The van der Waals surface area contributed by atoms with E-state index >= 15 is 0 Å². The molecule has 0 aliphatic heterocycles. The minimum atomic E-state index is -4.31. The molecule has 0 saturated carbocycles. The molecule has 5 heteroatoms. The molecule has 1 rings (SSSR count). The van der Waals surface area contributed by atoms with Gasteiger partial charge in [-0.15, -0.1) is 0 Å². The first-order valence-corrected chi connectivity index (χ1v) is 5.81. The average molecular weight is 261 g/mol. The number of hydrogen-bond acceptors (Lipinski definition) is 2. The van der Waals surface area contributed by atoms with Crippen LogP contribution in [0.15, 0.2) is 18.2 Å². The van der Waals surface area contributed by atoms with E-state index in [2.05, 4.69) is 5.32 Å². The summed E-state index contributed by atoms with van der Waals surface area (Å²) in [5, 5.41) is 3.17. The van der Waals surface area contributed by atoms with Crippen LogP contribution < -0.4 is 10.1 Å². The number of ether oxygens (including phenoxy) is 1. The van der Waals surface area contributed by atoms with Gasteiger partial charge in [0.15, 0.2) is 6.61 Å². The molecule has 0 aliphatic carbocycles. The maximum atomic E-state index is 12.2. The second-order valence-electron chi connectivity index (χ2n) is 4.50. The van der Waals surface area contributed by atoms with E-state index in [1.165, 1.54) is 0 Å². The largest absolute Gasteiger partial charge is 0.484 e. The van der Waals surface area contributed by atoms with Crippen molar-refractivity contribution in [3.63, 3.8) is 0 Å². The Morgan fingerprint density at radius 2 is 1.94 bits per heavy atom. The van der Waals surface area contributed by atoms with Crippen LogP contribution in [0, 0.1) is 6.92 Å². The fourth-order valence-corrected chi connectivity index (χ4v) is 1.53. The van der Waals surface area contributed by atoms with Gasteiger partial charge < -0.3 is 10.1 Å². The Morgan fingerprint density at radius 3 is 2.50 bits per heavy atom. The van der Waals surface area contributed by atoms with E-state index in [9.17, 15) is 13.2 Å². The lowest BCUT2D eigenvalue weighted by atomic mass is 10.1. The Labute approximate surface area is 105 Å². The van der Waals surface area contributed by atoms with E-state index in [0.29, 0.717) is 17.9 Å². The lowest BCUT2D eigenvalue weighted by Gasteiger charge is -2.16. The summed E-state index contributed by atoms with van der Waals surface area (Å²) in [5.41, 5.74) is 1.45. The Bertz CT molecular complexity index is 388. The Hall–Kier alpha value is -1.23. The zero-order valence-corrected chi connectivity index (χ0v) is 10.8. The summed E-state index contributed by atoms with van der Waals surface area (Å²) in [7, 11) is 0. The molecule has 0 bridgehead atoms. The predicted molar refractivity (Wildman–Crippen MR) is 64.7 cm³/mol. The van der Waals surface area contributed by atoms with Crippen LogP contribution in [-0.2, 0) is 6.54 Å². The molecule has 0 saturated heterocycles. The van der Waals surface area contributed by atoms with E-state index in [0.717, 1.165) is 5.56 Å². The second-order valence-corrected chi connectivity index (χ2v) is 4.50. The molecule has 1 aromatic carbocycles. The van der Waals surface area contributed by atoms with Crippen molar-refractivity contribution >= 4 is 0 Å². The van der Waals surface area contributed by atoms with Crippen LogP contribution >= 0.6 is 0 Å². The normalized spacial score (nSPS) is 11.9. The van der Waals surface area contributed by atoms with Gasteiger partial charge in [0.1, 0.15) is 5.75 Å². The smallest absolute Gasteiger partial charge is 0.422 e. The third kappa shape index (κ3) is 4.96. The van der Waals surface area contributed by atoms with Crippen molar-refractivity contribution in [2.45, 2.75) is 39.5 Å². The summed E-state index contributed by atoms with van der Waals surface area (Å²) in [4.78, 5) is 0. The van der Waals surface area contributed by atoms with Crippen LogP contribution in [0.5, 0.6) is 5.75 Å². The maximum Gasteiger partial charge on any atom is 0.422 e. The number of rotatable bonds is 5. The van der Waals surface area contributed by atoms with Crippen molar-refractivity contribution in [1.29, 1.82) is 0 Å². The van der Waals surface area contributed by atoms with Gasteiger partial charge in [-0.1, -0.05) is 32.0 Å². The van der Waals surface area contributed by atoms with Crippen molar-refractivity contribution in [3.8, 4) is 5.75 Å². The molecular formula is C13H18F3NO. The van der Waals surface area contributed by atoms with Crippen molar-refractivity contribution in [1.82, 2.24) is 5.32 Å². The molecule has 0 fully saturated rings. The number of benzene rings is 1. The van der Waals surface area contributed by atoms with Gasteiger partial charge in [-0.3, -0.25) is 0 Å². The summed E-state index contributed by atoms with van der Waals surface area (Å²) < 4.78 is 41.4. The number of aryl methyl sites for hydroxylation is 1. The minimum absolute atomic E-state index is 0.265. The standard InChI is InChI=1S/C13H18F3NO/c1-9(2)17-7-11-6-4-5-10(3)12(11)18-8-13(14,15)16/h4-6,9,17H,7-8H2,1-3H3. The van der Waals surface area contributed by atoms with Gasteiger partial charge >= 0.3 is 6.18 Å². The Morgan fingerprint density at radius 1 is 1.28 bits per heavy atom. The molecule has 0 aromatic heterocycles. The van der Waals surface area contributed by atoms with Crippen molar-refractivity contribution in [3.05, 3.63) is 29.3 Å². The highest BCUT2D eigenvalue weighted by Gasteiger charge is 2.29. The highest BCUT2D eigenvalue weighted by molar-refractivity contribution is 5.40. The third-order valence-electron chi connectivity index (χ3n) is 2.37. The first kappa shape index (κ1) is 14.8. The fraction of sp³-hybridized carbons (Fsp3) is 0.538. The topological polar surface area (TPSA) is 21.3 Å². The number of nitrogens with one attached hydrogen (secondary N) is 1.